The monoisotopic (exact) mass is 416 g/mol. The average molecular weight is 417 g/mol. The Morgan fingerprint density at radius 1 is 1.07 bits per heavy atom. The molecule has 0 saturated heterocycles. The van der Waals surface area contributed by atoms with Gasteiger partial charge < -0.3 is 9.30 Å². The molecule has 144 valence electrons. The lowest BCUT2D eigenvalue weighted by atomic mass is 10.1. The summed E-state index contributed by atoms with van der Waals surface area (Å²) in [6.45, 7) is 4.07. The molecule has 0 bridgehead atoms. The molecule has 2 aromatic heterocycles. The SMILES string of the molecule is Cc1cc(C(=O)COC(=O)c2nc(Cl)ccc2Cl)c(C)n1Cc1ccccc1. The summed E-state index contributed by atoms with van der Waals surface area (Å²) in [5, 5.41) is 0.232. The van der Waals surface area contributed by atoms with Gasteiger partial charge in [-0.25, -0.2) is 9.78 Å². The molecular weight excluding hydrogens is 399 g/mol. The lowest BCUT2D eigenvalue weighted by Gasteiger charge is -2.10. The highest BCUT2D eigenvalue weighted by Gasteiger charge is 2.20. The fourth-order valence-electron chi connectivity index (χ4n) is 2.93. The Bertz CT molecular complexity index is 1030. The van der Waals surface area contributed by atoms with Gasteiger partial charge in [-0.1, -0.05) is 53.5 Å². The van der Waals surface area contributed by atoms with Gasteiger partial charge in [-0.3, -0.25) is 4.79 Å². The molecule has 0 unspecified atom stereocenters. The minimum absolute atomic E-state index is 0.114. The van der Waals surface area contributed by atoms with Crippen LogP contribution in [0, 0.1) is 13.8 Å². The molecule has 0 fully saturated rings. The van der Waals surface area contributed by atoms with Crippen LogP contribution in [0.2, 0.25) is 10.2 Å². The first kappa shape index (κ1) is 20.1. The lowest BCUT2D eigenvalue weighted by molar-refractivity contribution is 0.0469. The van der Waals surface area contributed by atoms with Gasteiger partial charge in [0, 0.05) is 23.5 Å². The molecule has 3 aromatic rings. The number of pyridine rings is 1. The maximum Gasteiger partial charge on any atom is 0.359 e. The molecule has 5 nitrogen and oxygen atoms in total. The summed E-state index contributed by atoms with van der Waals surface area (Å²) in [7, 11) is 0. The van der Waals surface area contributed by atoms with E-state index in [0.717, 1.165) is 17.0 Å². The van der Waals surface area contributed by atoms with E-state index in [0.29, 0.717) is 12.1 Å². The summed E-state index contributed by atoms with van der Waals surface area (Å²) in [4.78, 5) is 28.6. The number of halogens is 2. The fraction of sp³-hybridized carbons (Fsp3) is 0.190. The van der Waals surface area contributed by atoms with Crippen molar-refractivity contribution in [3.8, 4) is 0 Å². The standard InChI is InChI=1S/C21H18Cl2N2O3/c1-13-10-16(14(2)25(13)11-15-6-4-3-5-7-15)18(26)12-28-21(27)20-17(22)8-9-19(23)24-20/h3-10H,11-12H2,1-2H3. The summed E-state index contributed by atoms with van der Waals surface area (Å²) in [5.41, 5.74) is 3.32. The van der Waals surface area contributed by atoms with Gasteiger partial charge in [0.05, 0.1) is 5.02 Å². The molecule has 28 heavy (non-hydrogen) atoms. The van der Waals surface area contributed by atoms with Crippen LogP contribution in [0.3, 0.4) is 0 Å². The van der Waals surface area contributed by atoms with Crippen LogP contribution < -0.4 is 0 Å². The number of hydrogen-bond acceptors (Lipinski definition) is 4. The van der Waals surface area contributed by atoms with E-state index in [1.54, 1.807) is 6.07 Å². The lowest BCUT2D eigenvalue weighted by Crippen LogP contribution is -2.16. The van der Waals surface area contributed by atoms with Gasteiger partial charge in [0.15, 0.2) is 12.3 Å². The second kappa shape index (κ2) is 8.59. The van der Waals surface area contributed by atoms with Crippen LogP contribution in [-0.2, 0) is 11.3 Å². The molecule has 0 aliphatic heterocycles. The molecule has 0 spiro atoms. The number of carbonyl (C=O) groups is 2. The van der Waals surface area contributed by atoms with E-state index < -0.39 is 12.6 Å². The Kier molecular flexibility index (Phi) is 6.17. The van der Waals surface area contributed by atoms with Crippen LogP contribution in [0.4, 0.5) is 0 Å². The zero-order valence-electron chi connectivity index (χ0n) is 15.4. The van der Waals surface area contributed by atoms with Crippen molar-refractivity contribution in [3.63, 3.8) is 0 Å². The van der Waals surface area contributed by atoms with Crippen LogP contribution in [0.25, 0.3) is 0 Å². The summed E-state index contributed by atoms with van der Waals surface area (Å²) < 4.78 is 7.15. The van der Waals surface area contributed by atoms with Gasteiger partial charge in [-0.05, 0) is 37.6 Å². The van der Waals surface area contributed by atoms with E-state index in [9.17, 15) is 9.59 Å². The van der Waals surface area contributed by atoms with Gasteiger partial charge in [0.1, 0.15) is 5.15 Å². The molecule has 0 atom stereocenters. The van der Waals surface area contributed by atoms with Crippen molar-refractivity contribution >= 4 is 35.0 Å². The van der Waals surface area contributed by atoms with Crippen molar-refractivity contribution in [3.05, 3.63) is 86.9 Å². The van der Waals surface area contributed by atoms with Crippen molar-refractivity contribution < 1.29 is 14.3 Å². The summed E-state index contributed by atoms with van der Waals surface area (Å²) >= 11 is 11.7. The first-order chi connectivity index (χ1) is 13.4. The van der Waals surface area contributed by atoms with Gasteiger partial charge >= 0.3 is 5.97 Å². The summed E-state index contributed by atoms with van der Waals surface area (Å²) in [5.74, 6) is -1.09. The molecule has 0 aliphatic carbocycles. The van der Waals surface area contributed by atoms with Crippen LogP contribution in [0.15, 0.2) is 48.5 Å². The van der Waals surface area contributed by atoms with Gasteiger partial charge in [0.2, 0.25) is 5.78 Å². The number of rotatable bonds is 6. The number of ether oxygens (including phenoxy) is 1. The molecule has 7 heteroatoms. The minimum atomic E-state index is -0.793. The van der Waals surface area contributed by atoms with E-state index in [4.69, 9.17) is 27.9 Å². The van der Waals surface area contributed by atoms with Crippen LogP contribution in [0.5, 0.6) is 0 Å². The predicted molar refractivity (Wildman–Crippen MR) is 108 cm³/mol. The highest BCUT2D eigenvalue weighted by atomic mass is 35.5. The van der Waals surface area contributed by atoms with Gasteiger partial charge in [0.25, 0.3) is 0 Å². The Balaban J connectivity index is 1.72. The van der Waals surface area contributed by atoms with E-state index in [1.165, 1.54) is 12.1 Å². The van der Waals surface area contributed by atoms with Crippen molar-refractivity contribution in [2.45, 2.75) is 20.4 Å². The zero-order chi connectivity index (χ0) is 20.3. The smallest absolute Gasteiger partial charge is 0.359 e. The molecule has 0 radical (unpaired) electrons. The van der Waals surface area contributed by atoms with E-state index in [1.807, 2.05) is 44.2 Å². The first-order valence-electron chi connectivity index (χ1n) is 8.60. The number of ketones is 1. The number of aromatic nitrogens is 2. The van der Waals surface area contributed by atoms with Crippen LogP contribution in [0.1, 0.15) is 37.8 Å². The maximum absolute atomic E-state index is 12.6. The molecule has 2 heterocycles. The third-order valence-electron chi connectivity index (χ3n) is 4.40. The summed E-state index contributed by atoms with van der Waals surface area (Å²) in [6, 6.07) is 14.7. The number of carbonyl (C=O) groups excluding carboxylic acids is 2. The number of Topliss-reactive ketones (excluding diaryl/α,β-unsaturated/α-hetero) is 1. The van der Waals surface area contributed by atoms with Gasteiger partial charge in [-0.2, -0.15) is 0 Å². The predicted octanol–water partition coefficient (Wildman–Crippen LogP) is 4.89. The van der Waals surface area contributed by atoms with Crippen molar-refractivity contribution in [1.82, 2.24) is 9.55 Å². The molecule has 0 saturated carbocycles. The second-order valence-electron chi connectivity index (χ2n) is 6.32. The van der Waals surface area contributed by atoms with Crippen molar-refractivity contribution in [2.75, 3.05) is 6.61 Å². The molecule has 0 N–H and O–H groups in total. The highest BCUT2D eigenvalue weighted by molar-refractivity contribution is 6.34. The third kappa shape index (κ3) is 4.43. The molecule has 1 aromatic carbocycles. The number of esters is 1. The van der Waals surface area contributed by atoms with Crippen molar-refractivity contribution in [1.29, 1.82) is 0 Å². The second-order valence-corrected chi connectivity index (χ2v) is 7.11. The first-order valence-corrected chi connectivity index (χ1v) is 9.35. The Labute approximate surface area is 172 Å². The molecule has 0 aliphatic rings. The number of hydrogen-bond donors (Lipinski definition) is 0. The van der Waals surface area contributed by atoms with Crippen LogP contribution >= 0.6 is 23.2 Å². The van der Waals surface area contributed by atoms with E-state index >= 15 is 0 Å². The topological polar surface area (TPSA) is 61.2 Å². The fourth-order valence-corrected chi connectivity index (χ4v) is 3.26. The van der Waals surface area contributed by atoms with Crippen molar-refractivity contribution in [2.24, 2.45) is 0 Å². The largest absolute Gasteiger partial charge is 0.453 e. The highest BCUT2D eigenvalue weighted by Crippen LogP contribution is 2.20. The quantitative estimate of drug-likeness (QED) is 0.325. The third-order valence-corrected chi connectivity index (χ3v) is 4.91. The van der Waals surface area contributed by atoms with Gasteiger partial charge in [-0.15, -0.1) is 0 Å². The number of benzene rings is 1. The van der Waals surface area contributed by atoms with E-state index in [-0.39, 0.29) is 21.7 Å². The maximum atomic E-state index is 12.6. The molecule has 0 amide bonds. The normalized spacial score (nSPS) is 10.7. The van der Waals surface area contributed by atoms with Crippen LogP contribution in [-0.4, -0.2) is 27.9 Å². The summed E-state index contributed by atoms with van der Waals surface area (Å²) in [6.07, 6.45) is 0. The Morgan fingerprint density at radius 2 is 1.79 bits per heavy atom. The number of aryl methyl sites for hydroxylation is 1. The molecular formula is C21H18Cl2N2O3. The Morgan fingerprint density at radius 3 is 2.50 bits per heavy atom. The zero-order valence-corrected chi connectivity index (χ0v) is 16.9. The molecule has 3 rings (SSSR count). The number of nitrogens with zero attached hydrogens (tertiary/aromatic N) is 2. The Hall–Kier alpha value is -2.63. The average Bonchev–Trinajstić information content (AvgIpc) is 2.97. The minimum Gasteiger partial charge on any atom is -0.453 e. The van der Waals surface area contributed by atoms with E-state index in [2.05, 4.69) is 9.55 Å².